The van der Waals surface area contributed by atoms with Crippen molar-refractivity contribution in [1.82, 2.24) is 9.78 Å². The van der Waals surface area contributed by atoms with Crippen LogP contribution in [0, 0.1) is 0 Å². The summed E-state index contributed by atoms with van der Waals surface area (Å²) in [5.74, 6) is 0. The maximum atomic E-state index is 11.7. The van der Waals surface area contributed by atoms with Gasteiger partial charge in [0.25, 0.3) is 5.56 Å². The molecule has 1 aromatic heterocycles. The largest absolute Gasteiger partial charge is 0.291 e. The summed E-state index contributed by atoms with van der Waals surface area (Å²) < 4.78 is 1.11. The van der Waals surface area contributed by atoms with Crippen molar-refractivity contribution in [2.24, 2.45) is 0 Å². The van der Waals surface area contributed by atoms with Gasteiger partial charge in [0.05, 0.1) is 11.2 Å². The number of rotatable bonds is 2. The van der Waals surface area contributed by atoms with E-state index >= 15 is 0 Å². The van der Waals surface area contributed by atoms with Crippen LogP contribution in [0.25, 0.3) is 12.3 Å². The minimum Gasteiger partial charge on any atom is -0.266 e. The maximum Gasteiger partial charge on any atom is 0.291 e. The van der Waals surface area contributed by atoms with Crippen molar-refractivity contribution in [3.05, 3.63) is 61.4 Å². The Bertz CT molecular complexity index is 647. The van der Waals surface area contributed by atoms with Gasteiger partial charge in [-0.1, -0.05) is 46.9 Å². The molecule has 0 saturated carbocycles. The second kappa shape index (κ2) is 5.57. The van der Waals surface area contributed by atoms with Crippen molar-refractivity contribution in [2.75, 3.05) is 0 Å². The van der Waals surface area contributed by atoms with Gasteiger partial charge >= 0.3 is 0 Å². The molecule has 0 amide bonds. The van der Waals surface area contributed by atoms with E-state index in [1.807, 2.05) is 12.1 Å². The second-order valence-electron chi connectivity index (χ2n) is 3.42. The summed E-state index contributed by atoms with van der Waals surface area (Å²) in [5, 5.41) is 4.58. The van der Waals surface area contributed by atoms with Crippen LogP contribution in [0.15, 0.2) is 35.3 Å². The van der Waals surface area contributed by atoms with E-state index in [9.17, 15) is 4.79 Å². The van der Waals surface area contributed by atoms with E-state index in [-0.39, 0.29) is 10.0 Å². The molecule has 0 aliphatic heterocycles. The Morgan fingerprint density at radius 3 is 2.44 bits per heavy atom. The summed E-state index contributed by atoms with van der Waals surface area (Å²) in [5.41, 5.74) is 0.425. The summed E-state index contributed by atoms with van der Waals surface area (Å²) in [6, 6.07) is 7.15. The molecule has 0 fully saturated rings. The van der Waals surface area contributed by atoms with Crippen LogP contribution in [-0.2, 0) is 0 Å². The summed E-state index contributed by atoms with van der Waals surface area (Å²) in [7, 11) is 0. The molecule has 0 N–H and O–H groups in total. The maximum absolute atomic E-state index is 11.7. The van der Waals surface area contributed by atoms with Gasteiger partial charge in [-0.25, -0.2) is 4.68 Å². The molecule has 92 valence electrons. The van der Waals surface area contributed by atoms with Gasteiger partial charge in [-0.15, -0.1) is 0 Å². The fraction of sp³-hybridized carbons (Fsp3) is 0. The minimum absolute atomic E-state index is 0.0487. The first kappa shape index (κ1) is 13.1. The Balaban J connectivity index is 2.32. The van der Waals surface area contributed by atoms with Crippen molar-refractivity contribution in [3.63, 3.8) is 0 Å². The molecule has 18 heavy (non-hydrogen) atoms. The quantitative estimate of drug-likeness (QED) is 0.845. The van der Waals surface area contributed by atoms with Crippen LogP contribution in [0.2, 0.25) is 15.1 Å². The highest BCUT2D eigenvalue weighted by Gasteiger charge is 2.04. The Labute approximate surface area is 118 Å². The smallest absolute Gasteiger partial charge is 0.266 e. The van der Waals surface area contributed by atoms with Crippen molar-refractivity contribution < 1.29 is 0 Å². The number of hydrogen-bond donors (Lipinski definition) is 0. The lowest BCUT2D eigenvalue weighted by Crippen LogP contribution is -2.18. The van der Waals surface area contributed by atoms with Gasteiger partial charge in [-0.2, -0.15) is 5.10 Å². The van der Waals surface area contributed by atoms with Gasteiger partial charge in [-0.3, -0.25) is 4.79 Å². The molecule has 0 radical (unpaired) electrons. The molecule has 0 aliphatic rings. The molecule has 0 spiro atoms. The highest BCUT2D eigenvalue weighted by Crippen LogP contribution is 2.15. The molecule has 0 unspecified atom stereocenters. The van der Waals surface area contributed by atoms with Gasteiger partial charge < -0.3 is 0 Å². The van der Waals surface area contributed by atoms with Crippen molar-refractivity contribution in [1.29, 1.82) is 0 Å². The van der Waals surface area contributed by atoms with E-state index in [1.165, 1.54) is 12.4 Å². The molecule has 1 aromatic carbocycles. The zero-order valence-corrected chi connectivity index (χ0v) is 11.2. The molecule has 0 aliphatic carbocycles. The van der Waals surface area contributed by atoms with Crippen molar-refractivity contribution in [3.8, 4) is 0 Å². The minimum atomic E-state index is -0.464. The molecule has 3 nitrogen and oxygen atoms in total. The highest BCUT2D eigenvalue weighted by molar-refractivity contribution is 6.41. The van der Waals surface area contributed by atoms with Crippen LogP contribution < -0.4 is 5.56 Å². The van der Waals surface area contributed by atoms with E-state index in [0.29, 0.717) is 5.02 Å². The fourth-order valence-electron chi connectivity index (χ4n) is 1.26. The van der Waals surface area contributed by atoms with E-state index in [2.05, 4.69) is 5.10 Å². The summed E-state index contributed by atoms with van der Waals surface area (Å²) in [6.07, 6.45) is 4.54. The number of halogens is 3. The number of benzene rings is 1. The molecule has 0 atom stereocenters. The molecule has 0 saturated heterocycles. The third kappa shape index (κ3) is 2.93. The Morgan fingerprint density at radius 2 is 1.78 bits per heavy atom. The Hall–Kier alpha value is -1.29. The molecule has 2 rings (SSSR count). The van der Waals surface area contributed by atoms with Crippen molar-refractivity contribution >= 4 is 47.1 Å². The van der Waals surface area contributed by atoms with Gasteiger partial charge in [0.1, 0.15) is 5.02 Å². The highest BCUT2D eigenvalue weighted by atomic mass is 35.5. The SMILES string of the molecule is O=c1c(Cl)c(Cl)cnn1/C=C/c1ccc(Cl)cc1. The van der Waals surface area contributed by atoms with Gasteiger partial charge in [0, 0.05) is 11.2 Å². The predicted octanol–water partition coefficient (Wildman–Crippen LogP) is 3.83. The average molecular weight is 302 g/mol. The second-order valence-corrected chi connectivity index (χ2v) is 4.65. The van der Waals surface area contributed by atoms with Gasteiger partial charge in [0.2, 0.25) is 0 Å². The lowest BCUT2D eigenvalue weighted by atomic mass is 10.2. The Kier molecular flexibility index (Phi) is 4.07. The van der Waals surface area contributed by atoms with Crippen LogP contribution in [0.5, 0.6) is 0 Å². The molecule has 6 heteroatoms. The number of hydrogen-bond acceptors (Lipinski definition) is 2. The molecule has 2 aromatic rings. The first-order valence-corrected chi connectivity index (χ1v) is 6.08. The zero-order valence-electron chi connectivity index (χ0n) is 8.98. The molecular formula is C12H7Cl3N2O. The average Bonchev–Trinajstić information content (AvgIpc) is 2.37. The predicted molar refractivity (Wildman–Crippen MR) is 75.2 cm³/mol. The van der Waals surface area contributed by atoms with E-state index in [4.69, 9.17) is 34.8 Å². The number of aromatic nitrogens is 2. The Morgan fingerprint density at radius 1 is 1.11 bits per heavy atom. The van der Waals surface area contributed by atoms with E-state index in [1.54, 1.807) is 18.2 Å². The van der Waals surface area contributed by atoms with Crippen LogP contribution in [-0.4, -0.2) is 9.78 Å². The van der Waals surface area contributed by atoms with Crippen LogP contribution >= 0.6 is 34.8 Å². The first-order chi connectivity index (χ1) is 8.58. The number of nitrogens with zero attached hydrogens (tertiary/aromatic N) is 2. The summed E-state index contributed by atoms with van der Waals surface area (Å²) in [6.45, 7) is 0. The normalized spacial score (nSPS) is 11.1. The third-order valence-electron chi connectivity index (χ3n) is 2.18. The molecule has 1 heterocycles. The summed E-state index contributed by atoms with van der Waals surface area (Å²) >= 11 is 17.2. The van der Waals surface area contributed by atoms with Crippen molar-refractivity contribution in [2.45, 2.75) is 0 Å². The van der Waals surface area contributed by atoms with Crippen LogP contribution in [0.3, 0.4) is 0 Å². The first-order valence-electron chi connectivity index (χ1n) is 4.94. The van der Waals surface area contributed by atoms with Crippen LogP contribution in [0.4, 0.5) is 0 Å². The molecule has 0 bridgehead atoms. The van der Waals surface area contributed by atoms with E-state index < -0.39 is 5.56 Å². The lowest BCUT2D eigenvalue weighted by molar-refractivity contribution is 0.855. The monoisotopic (exact) mass is 300 g/mol. The zero-order chi connectivity index (χ0) is 13.1. The third-order valence-corrected chi connectivity index (χ3v) is 3.18. The summed E-state index contributed by atoms with van der Waals surface area (Å²) in [4.78, 5) is 11.7. The lowest BCUT2D eigenvalue weighted by Gasteiger charge is -1.99. The topological polar surface area (TPSA) is 34.9 Å². The molecular weight excluding hydrogens is 295 g/mol. The standard InChI is InChI=1S/C12H7Cl3N2O/c13-9-3-1-8(2-4-9)5-6-17-12(18)11(15)10(14)7-16-17/h1-7H/b6-5+. The fourth-order valence-corrected chi connectivity index (χ4v) is 1.65. The van der Waals surface area contributed by atoms with Crippen LogP contribution in [0.1, 0.15) is 5.56 Å². The van der Waals surface area contributed by atoms with Gasteiger partial charge in [0.15, 0.2) is 0 Å². The van der Waals surface area contributed by atoms with Gasteiger partial charge in [-0.05, 0) is 23.8 Å². The van der Waals surface area contributed by atoms with E-state index in [0.717, 1.165) is 10.2 Å².